The number of methoxy groups -OCH3 is 2. The van der Waals surface area contributed by atoms with Crippen molar-refractivity contribution in [1.82, 2.24) is 0 Å². The van der Waals surface area contributed by atoms with Crippen molar-refractivity contribution in [2.24, 2.45) is 0 Å². The Hall–Kier alpha value is -2.93. The van der Waals surface area contributed by atoms with Crippen LogP contribution < -0.4 is 20.5 Å². The average molecular weight is 365 g/mol. The Bertz CT molecular complexity index is 777. The molecule has 2 aromatic carbocycles. The second-order valence-corrected chi connectivity index (χ2v) is 5.34. The number of carbonyl (C=O) groups is 2. The van der Waals surface area contributed by atoms with Crippen LogP contribution in [0.25, 0.3) is 0 Å². The average Bonchev–Trinajstić information content (AvgIpc) is 2.60. The van der Waals surface area contributed by atoms with Gasteiger partial charge in [0.05, 0.1) is 30.5 Å². The van der Waals surface area contributed by atoms with Crippen LogP contribution in [0.2, 0.25) is 5.02 Å². The molecular formula is C17H17ClN2O5. The Morgan fingerprint density at radius 2 is 1.72 bits per heavy atom. The smallest absolute Gasteiger partial charge is 0.338 e. The van der Waals surface area contributed by atoms with Crippen molar-refractivity contribution in [1.29, 1.82) is 0 Å². The zero-order valence-corrected chi connectivity index (χ0v) is 14.4. The van der Waals surface area contributed by atoms with Crippen molar-refractivity contribution in [3.05, 3.63) is 47.0 Å². The maximum atomic E-state index is 12.0. The van der Waals surface area contributed by atoms with Gasteiger partial charge in [0, 0.05) is 11.8 Å². The Morgan fingerprint density at radius 1 is 1.08 bits per heavy atom. The number of amides is 1. The Labute approximate surface area is 149 Å². The monoisotopic (exact) mass is 364 g/mol. The molecule has 25 heavy (non-hydrogen) atoms. The summed E-state index contributed by atoms with van der Waals surface area (Å²) in [5.41, 5.74) is 6.71. The third kappa shape index (κ3) is 4.77. The van der Waals surface area contributed by atoms with Gasteiger partial charge in [-0.2, -0.15) is 0 Å². The van der Waals surface area contributed by atoms with Crippen molar-refractivity contribution in [2.75, 3.05) is 31.9 Å². The number of nitrogens with two attached hydrogens (primary N) is 1. The van der Waals surface area contributed by atoms with E-state index >= 15 is 0 Å². The van der Waals surface area contributed by atoms with Gasteiger partial charge in [0.2, 0.25) is 0 Å². The number of esters is 1. The van der Waals surface area contributed by atoms with Gasteiger partial charge in [-0.3, -0.25) is 4.79 Å². The van der Waals surface area contributed by atoms with Gasteiger partial charge in [-0.25, -0.2) is 4.79 Å². The van der Waals surface area contributed by atoms with E-state index in [1.54, 1.807) is 18.2 Å². The summed E-state index contributed by atoms with van der Waals surface area (Å²) in [7, 11) is 2.91. The molecule has 0 radical (unpaired) electrons. The van der Waals surface area contributed by atoms with E-state index in [2.05, 4.69) is 5.32 Å². The molecule has 0 fully saturated rings. The van der Waals surface area contributed by atoms with Crippen molar-refractivity contribution in [3.8, 4) is 11.5 Å². The highest BCUT2D eigenvalue weighted by Gasteiger charge is 2.14. The first kappa shape index (κ1) is 18.4. The molecule has 1 amide bonds. The van der Waals surface area contributed by atoms with E-state index in [9.17, 15) is 9.59 Å². The number of rotatable bonds is 6. The van der Waals surface area contributed by atoms with Gasteiger partial charge in [-0.15, -0.1) is 0 Å². The van der Waals surface area contributed by atoms with Crippen molar-refractivity contribution in [2.45, 2.75) is 0 Å². The van der Waals surface area contributed by atoms with E-state index in [-0.39, 0.29) is 0 Å². The molecule has 0 aromatic heterocycles. The number of halogens is 1. The van der Waals surface area contributed by atoms with Gasteiger partial charge < -0.3 is 25.3 Å². The molecule has 2 rings (SSSR count). The quantitative estimate of drug-likeness (QED) is 0.604. The molecule has 0 bridgehead atoms. The summed E-state index contributed by atoms with van der Waals surface area (Å²) >= 11 is 6.03. The number of carbonyl (C=O) groups excluding carboxylic acids is 2. The van der Waals surface area contributed by atoms with Crippen LogP contribution in [0.4, 0.5) is 11.4 Å². The van der Waals surface area contributed by atoms with E-state index in [4.69, 9.17) is 31.5 Å². The zero-order chi connectivity index (χ0) is 18.4. The number of nitrogens with one attached hydrogen (secondary N) is 1. The van der Waals surface area contributed by atoms with Crippen LogP contribution >= 0.6 is 11.6 Å². The maximum absolute atomic E-state index is 12.0. The SMILES string of the molecule is COc1cc(OC)c(NC(=O)COC(=O)c2ccc(N)cc2)cc1Cl. The van der Waals surface area contributed by atoms with E-state index in [1.165, 1.54) is 32.4 Å². The third-order valence-corrected chi connectivity index (χ3v) is 3.52. The highest BCUT2D eigenvalue weighted by Crippen LogP contribution is 2.35. The van der Waals surface area contributed by atoms with Crippen LogP contribution in [0.5, 0.6) is 11.5 Å². The lowest BCUT2D eigenvalue weighted by atomic mass is 10.2. The predicted octanol–water partition coefficient (Wildman–Crippen LogP) is 2.73. The number of nitrogen functional groups attached to an aromatic ring is 1. The topological polar surface area (TPSA) is 99.9 Å². The molecule has 0 spiro atoms. The molecule has 0 aliphatic heterocycles. The minimum Gasteiger partial charge on any atom is -0.495 e. The molecule has 0 saturated heterocycles. The Kier molecular flexibility index (Phi) is 6.08. The largest absolute Gasteiger partial charge is 0.495 e. The minimum absolute atomic E-state index is 0.298. The fourth-order valence-electron chi connectivity index (χ4n) is 1.98. The van der Waals surface area contributed by atoms with Crippen LogP contribution in [0.15, 0.2) is 36.4 Å². The third-order valence-electron chi connectivity index (χ3n) is 3.23. The van der Waals surface area contributed by atoms with Gasteiger partial charge in [0.1, 0.15) is 11.5 Å². The molecule has 0 saturated carbocycles. The highest BCUT2D eigenvalue weighted by molar-refractivity contribution is 6.32. The predicted molar refractivity (Wildman–Crippen MR) is 94.3 cm³/mol. The van der Waals surface area contributed by atoms with Gasteiger partial charge in [0.25, 0.3) is 5.91 Å². The van der Waals surface area contributed by atoms with Crippen LogP contribution in [0.3, 0.4) is 0 Å². The second-order valence-electron chi connectivity index (χ2n) is 4.93. The summed E-state index contributed by atoms with van der Waals surface area (Å²) in [6, 6.07) is 9.20. The summed E-state index contributed by atoms with van der Waals surface area (Å²) in [6.07, 6.45) is 0. The molecule has 132 valence electrons. The first-order valence-electron chi connectivity index (χ1n) is 7.18. The van der Waals surface area contributed by atoms with Gasteiger partial charge in [0.15, 0.2) is 6.61 Å². The zero-order valence-electron chi connectivity index (χ0n) is 13.7. The van der Waals surface area contributed by atoms with Gasteiger partial charge in [-0.1, -0.05) is 11.6 Å². The molecule has 0 unspecified atom stereocenters. The molecule has 3 N–H and O–H groups in total. The lowest BCUT2D eigenvalue weighted by Crippen LogP contribution is -2.21. The number of ether oxygens (including phenoxy) is 3. The molecule has 0 atom stereocenters. The van der Waals surface area contributed by atoms with Crippen LogP contribution in [-0.2, 0) is 9.53 Å². The molecule has 2 aromatic rings. The van der Waals surface area contributed by atoms with E-state index in [1.807, 2.05) is 0 Å². The number of anilines is 2. The fourth-order valence-corrected chi connectivity index (χ4v) is 2.22. The van der Waals surface area contributed by atoms with E-state index < -0.39 is 18.5 Å². The summed E-state index contributed by atoms with van der Waals surface area (Å²) in [5, 5.41) is 2.87. The lowest BCUT2D eigenvalue weighted by molar-refractivity contribution is -0.119. The van der Waals surface area contributed by atoms with Crippen molar-refractivity contribution < 1.29 is 23.8 Å². The summed E-state index contributed by atoms with van der Waals surface area (Å²) in [6.45, 7) is -0.462. The highest BCUT2D eigenvalue weighted by atomic mass is 35.5. The van der Waals surface area contributed by atoms with Crippen molar-refractivity contribution in [3.63, 3.8) is 0 Å². The normalized spacial score (nSPS) is 10.0. The van der Waals surface area contributed by atoms with Crippen LogP contribution in [-0.4, -0.2) is 32.7 Å². The Balaban J connectivity index is 1.99. The molecular weight excluding hydrogens is 348 g/mol. The summed E-state index contributed by atoms with van der Waals surface area (Å²) in [4.78, 5) is 23.9. The summed E-state index contributed by atoms with van der Waals surface area (Å²) in [5.74, 6) is -0.399. The molecule has 0 heterocycles. The number of hydrogen-bond acceptors (Lipinski definition) is 6. The van der Waals surface area contributed by atoms with Crippen LogP contribution in [0.1, 0.15) is 10.4 Å². The summed E-state index contributed by atoms with van der Waals surface area (Å²) < 4.78 is 15.2. The second kappa shape index (κ2) is 8.25. The first-order valence-corrected chi connectivity index (χ1v) is 7.56. The first-order chi connectivity index (χ1) is 11.9. The molecule has 7 nitrogen and oxygen atoms in total. The standard InChI is InChI=1S/C17H17ClN2O5/c1-23-14-8-15(24-2)13(7-12(14)18)20-16(21)9-25-17(22)10-3-5-11(19)6-4-10/h3-8H,9,19H2,1-2H3,(H,20,21). The number of benzene rings is 2. The maximum Gasteiger partial charge on any atom is 0.338 e. The molecule has 0 aliphatic carbocycles. The van der Waals surface area contributed by atoms with E-state index in [0.717, 1.165) is 0 Å². The number of hydrogen-bond donors (Lipinski definition) is 2. The Morgan fingerprint density at radius 3 is 2.32 bits per heavy atom. The van der Waals surface area contributed by atoms with E-state index in [0.29, 0.717) is 33.5 Å². The van der Waals surface area contributed by atoms with Crippen LogP contribution in [0, 0.1) is 0 Å². The fraction of sp³-hybridized carbons (Fsp3) is 0.176. The minimum atomic E-state index is -0.630. The van der Waals surface area contributed by atoms with Crippen molar-refractivity contribution >= 4 is 34.9 Å². The van der Waals surface area contributed by atoms with Gasteiger partial charge in [-0.05, 0) is 30.3 Å². The van der Waals surface area contributed by atoms with Gasteiger partial charge >= 0.3 is 5.97 Å². The lowest BCUT2D eigenvalue weighted by Gasteiger charge is -2.13. The molecule has 0 aliphatic rings. The molecule has 8 heteroatoms.